The number of thiazole rings is 1. The number of hydrogen-bond acceptors (Lipinski definition) is 7. The largest absolute Gasteiger partial charge is 0.497 e. The Kier molecular flexibility index (Phi) is 5.82. The van der Waals surface area contributed by atoms with E-state index in [4.69, 9.17) is 14.5 Å². The molecule has 1 aromatic heterocycles. The van der Waals surface area contributed by atoms with Gasteiger partial charge < -0.3 is 24.6 Å². The summed E-state index contributed by atoms with van der Waals surface area (Å²) >= 11 is 1.66. The number of nitrogens with zero attached hydrogens (tertiary/aromatic N) is 3. The van der Waals surface area contributed by atoms with Gasteiger partial charge in [-0.3, -0.25) is 4.79 Å². The maximum Gasteiger partial charge on any atom is 0.262 e. The summed E-state index contributed by atoms with van der Waals surface area (Å²) in [7, 11) is 3.75. The number of amides is 1. The second-order valence-corrected chi connectivity index (χ2v) is 7.99. The Labute approximate surface area is 173 Å². The lowest BCUT2D eigenvalue weighted by molar-refractivity contribution is -0.118. The van der Waals surface area contributed by atoms with E-state index in [1.807, 2.05) is 18.2 Å². The van der Waals surface area contributed by atoms with Crippen molar-refractivity contribution < 1.29 is 14.3 Å². The van der Waals surface area contributed by atoms with Crippen molar-refractivity contribution in [1.82, 2.24) is 9.88 Å². The van der Waals surface area contributed by atoms with Crippen molar-refractivity contribution in [3.63, 3.8) is 0 Å². The Balaban J connectivity index is 1.36. The molecule has 1 aliphatic rings. The van der Waals surface area contributed by atoms with Crippen molar-refractivity contribution in [1.29, 1.82) is 0 Å². The maximum atomic E-state index is 12.2. The van der Waals surface area contributed by atoms with Gasteiger partial charge in [0.25, 0.3) is 5.91 Å². The van der Waals surface area contributed by atoms with E-state index in [9.17, 15) is 4.79 Å². The minimum atomic E-state index is -0.205. The molecule has 0 saturated carbocycles. The molecule has 1 aliphatic heterocycles. The van der Waals surface area contributed by atoms with Crippen LogP contribution in [0.15, 0.2) is 42.5 Å². The number of ether oxygens (including phenoxy) is 2. The third kappa shape index (κ3) is 4.78. The van der Waals surface area contributed by atoms with E-state index in [0.29, 0.717) is 5.75 Å². The molecule has 152 valence electrons. The van der Waals surface area contributed by atoms with Gasteiger partial charge in [0.1, 0.15) is 11.5 Å². The average molecular weight is 413 g/mol. The third-order valence-corrected chi connectivity index (χ3v) is 5.94. The van der Waals surface area contributed by atoms with Gasteiger partial charge in [0, 0.05) is 31.9 Å². The van der Waals surface area contributed by atoms with Crippen LogP contribution in [-0.2, 0) is 4.79 Å². The number of carbonyl (C=O) groups excluding carboxylic acids is 1. The molecule has 0 bridgehead atoms. The van der Waals surface area contributed by atoms with Gasteiger partial charge in [0.05, 0.1) is 17.3 Å². The molecule has 4 rings (SSSR count). The zero-order chi connectivity index (χ0) is 20.2. The van der Waals surface area contributed by atoms with Gasteiger partial charge in [-0.15, -0.1) is 0 Å². The predicted molar refractivity (Wildman–Crippen MR) is 116 cm³/mol. The molecule has 0 unspecified atom stereocenters. The van der Waals surface area contributed by atoms with Gasteiger partial charge in [-0.2, -0.15) is 0 Å². The Bertz CT molecular complexity index is 981. The second-order valence-electron chi connectivity index (χ2n) is 6.98. The summed E-state index contributed by atoms with van der Waals surface area (Å²) < 4.78 is 11.7. The van der Waals surface area contributed by atoms with Crippen molar-refractivity contribution in [2.24, 2.45) is 0 Å². The fraction of sp³-hybridized carbons (Fsp3) is 0.333. The first-order chi connectivity index (χ1) is 14.1. The number of carbonyl (C=O) groups is 1. The monoisotopic (exact) mass is 412 g/mol. The summed E-state index contributed by atoms with van der Waals surface area (Å²) in [4.78, 5) is 21.6. The number of rotatable bonds is 6. The van der Waals surface area contributed by atoms with Crippen LogP contribution in [0.1, 0.15) is 0 Å². The standard InChI is InChI=1S/C21H24N4O3S/c1-24-9-11-25(12-10-24)21-23-18-8-3-15(13-19(18)29-21)22-20(26)14-28-17-6-4-16(27-2)5-7-17/h3-8,13H,9-12,14H2,1-2H3,(H,22,26). The lowest BCUT2D eigenvalue weighted by Crippen LogP contribution is -2.44. The van der Waals surface area contributed by atoms with E-state index in [-0.39, 0.29) is 12.5 Å². The maximum absolute atomic E-state index is 12.2. The Hall–Kier alpha value is -2.84. The van der Waals surface area contributed by atoms with Crippen LogP contribution in [0.4, 0.5) is 10.8 Å². The van der Waals surface area contributed by atoms with Crippen molar-refractivity contribution in [2.75, 3.05) is 57.2 Å². The highest BCUT2D eigenvalue weighted by Crippen LogP contribution is 2.31. The molecule has 29 heavy (non-hydrogen) atoms. The molecule has 0 atom stereocenters. The molecular formula is C21H24N4O3S. The van der Waals surface area contributed by atoms with Crippen molar-refractivity contribution >= 4 is 38.3 Å². The third-order valence-electron chi connectivity index (χ3n) is 4.86. The zero-order valence-corrected chi connectivity index (χ0v) is 17.4. The zero-order valence-electron chi connectivity index (χ0n) is 16.6. The number of nitrogens with one attached hydrogen (secondary N) is 1. The molecular weight excluding hydrogens is 388 g/mol. The summed E-state index contributed by atoms with van der Waals surface area (Å²) in [5.74, 6) is 1.16. The summed E-state index contributed by atoms with van der Waals surface area (Å²) in [6.45, 7) is 4.02. The molecule has 7 nitrogen and oxygen atoms in total. The minimum Gasteiger partial charge on any atom is -0.497 e. The van der Waals surface area contributed by atoms with E-state index in [2.05, 4.69) is 22.2 Å². The number of aromatic nitrogens is 1. The normalized spacial score (nSPS) is 14.8. The number of hydrogen-bond donors (Lipinski definition) is 1. The molecule has 0 spiro atoms. The van der Waals surface area contributed by atoms with Crippen molar-refractivity contribution in [3.8, 4) is 11.5 Å². The topological polar surface area (TPSA) is 66.9 Å². The van der Waals surface area contributed by atoms with Gasteiger partial charge in [-0.1, -0.05) is 11.3 Å². The van der Waals surface area contributed by atoms with Gasteiger partial charge in [-0.25, -0.2) is 4.98 Å². The van der Waals surface area contributed by atoms with E-state index < -0.39 is 0 Å². The molecule has 0 aliphatic carbocycles. The first kappa shape index (κ1) is 19.5. The van der Waals surface area contributed by atoms with E-state index in [0.717, 1.165) is 53.0 Å². The second kappa shape index (κ2) is 8.67. The molecule has 0 radical (unpaired) electrons. The Morgan fingerprint density at radius 2 is 1.83 bits per heavy atom. The number of methoxy groups -OCH3 is 1. The molecule has 1 fully saturated rings. The highest BCUT2D eigenvalue weighted by Gasteiger charge is 2.17. The first-order valence-electron chi connectivity index (χ1n) is 9.51. The highest BCUT2D eigenvalue weighted by molar-refractivity contribution is 7.22. The molecule has 8 heteroatoms. The molecule has 2 aromatic carbocycles. The van der Waals surface area contributed by atoms with Crippen LogP contribution in [0.3, 0.4) is 0 Å². The van der Waals surface area contributed by atoms with Crippen LogP contribution < -0.4 is 19.7 Å². The fourth-order valence-corrected chi connectivity index (χ4v) is 4.20. The number of anilines is 2. The average Bonchev–Trinajstić information content (AvgIpc) is 3.16. The summed E-state index contributed by atoms with van der Waals surface area (Å²) in [5.41, 5.74) is 1.70. The lowest BCUT2D eigenvalue weighted by atomic mass is 10.3. The summed E-state index contributed by atoms with van der Waals surface area (Å²) in [5, 5.41) is 3.93. The predicted octanol–water partition coefficient (Wildman–Crippen LogP) is 3.07. The highest BCUT2D eigenvalue weighted by atomic mass is 32.1. The summed E-state index contributed by atoms with van der Waals surface area (Å²) in [6.07, 6.45) is 0. The van der Waals surface area contributed by atoms with Gasteiger partial charge in [-0.05, 0) is 49.5 Å². The molecule has 2 heterocycles. The van der Waals surface area contributed by atoms with Crippen LogP contribution in [0.25, 0.3) is 10.2 Å². The smallest absolute Gasteiger partial charge is 0.262 e. The molecule has 3 aromatic rings. The number of benzene rings is 2. The number of fused-ring (bicyclic) bond motifs is 1. The molecule has 1 amide bonds. The quantitative estimate of drug-likeness (QED) is 0.671. The Morgan fingerprint density at radius 3 is 2.55 bits per heavy atom. The van der Waals surface area contributed by atoms with Gasteiger partial charge in [0.15, 0.2) is 11.7 Å². The van der Waals surface area contributed by atoms with Crippen LogP contribution in [0, 0.1) is 0 Å². The van der Waals surface area contributed by atoms with Crippen LogP contribution >= 0.6 is 11.3 Å². The number of likely N-dealkylation sites (N-methyl/N-ethyl adjacent to an activating group) is 1. The minimum absolute atomic E-state index is 0.0560. The Morgan fingerprint density at radius 1 is 1.10 bits per heavy atom. The summed E-state index contributed by atoms with van der Waals surface area (Å²) in [6, 6.07) is 12.9. The van der Waals surface area contributed by atoms with E-state index in [1.54, 1.807) is 42.7 Å². The van der Waals surface area contributed by atoms with Crippen LogP contribution in [0.2, 0.25) is 0 Å². The van der Waals surface area contributed by atoms with Gasteiger partial charge >= 0.3 is 0 Å². The fourth-order valence-electron chi connectivity index (χ4n) is 3.14. The van der Waals surface area contributed by atoms with Crippen molar-refractivity contribution in [3.05, 3.63) is 42.5 Å². The van der Waals surface area contributed by atoms with Crippen LogP contribution in [-0.4, -0.2) is 62.7 Å². The van der Waals surface area contributed by atoms with E-state index in [1.165, 1.54) is 0 Å². The van der Waals surface area contributed by atoms with Crippen molar-refractivity contribution in [2.45, 2.75) is 0 Å². The van der Waals surface area contributed by atoms with Crippen LogP contribution in [0.5, 0.6) is 11.5 Å². The number of piperazine rings is 1. The lowest BCUT2D eigenvalue weighted by Gasteiger charge is -2.31. The SMILES string of the molecule is COc1ccc(OCC(=O)Nc2ccc3nc(N4CCN(C)CC4)sc3c2)cc1. The first-order valence-corrected chi connectivity index (χ1v) is 10.3. The molecule has 1 N–H and O–H groups in total. The van der Waals surface area contributed by atoms with E-state index >= 15 is 0 Å². The molecule has 1 saturated heterocycles. The van der Waals surface area contributed by atoms with Gasteiger partial charge in [0.2, 0.25) is 0 Å².